The van der Waals surface area contributed by atoms with Crippen LogP contribution in [0.1, 0.15) is 12.7 Å². The molecular formula is C16H15Cl2N3. The molecule has 0 bridgehead atoms. The first-order chi connectivity index (χ1) is 10.2. The van der Waals surface area contributed by atoms with E-state index < -0.39 is 0 Å². The molecule has 3 rings (SSSR count). The average molecular weight is 320 g/mol. The van der Waals surface area contributed by atoms with Crippen LogP contribution in [-0.4, -0.2) is 9.55 Å². The Morgan fingerprint density at radius 3 is 2.67 bits per heavy atom. The minimum atomic E-state index is 0.547. The van der Waals surface area contributed by atoms with Gasteiger partial charge in [-0.15, -0.1) is 0 Å². The number of anilines is 1. The van der Waals surface area contributed by atoms with E-state index in [0.29, 0.717) is 16.6 Å². The zero-order valence-electron chi connectivity index (χ0n) is 11.6. The molecule has 0 aliphatic heterocycles. The van der Waals surface area contributed by atoms with Gasteiger partial charge in [-0.3, -0.25) is 0 Å². The summed E-state index contributed by atoms with van der Waals surface area (Å²) >= 11 is 11.9. The molecule has 5 heteroatoms. The first-order valence-corrected chi connectivity index (χ1v) is 7.57. The molecule has 1 N–H and O–H groups in total. The lowest BCUT2D eigenvalue weighted by atomic mass is 10.3. The second kappa shape index (κ2) is 5.96. The summed E-state index contributed by atoms with van der Waals surface area (Å²) in [5, 5.41) is 4.44. The van der Waals surface area contributed by atoms with Gasteiger partial charge in [0.1, 0.15) is 5.82 Å². The lowest BCUT2D eigenvalue weighted by molar-refractivity contribution is 0.729. The number of fused-ring (bicyclic) bond motifs is 1. The predicted octanol–water partition coefficient (Wildman–Crippen LogP) is 4.98. The molecule has 3 nitrogen and oxygen atoms in total. The van der Waals surface area contributed by atoms with Crippen LogP contribution in [0.15, 0.2) is 42.5 Å². The molecule has 0 amide bonds. The summed E-state index contributed by atoms with van der Waals surface area (Å²) in [5.74, 6) is 1.00. The molecule has 0 spiro atoms. The fourth-order valence-electron chi connectivity index (χ4n) is 2.40. The maximum atomic E-state index is 6.03. The number of hydrogen-bond acceptors (Lipinski definition) is 2. The third kappa shape index (κ3) is 2.85. The Bertz CT molecular complexity index is 780. The number of nitrogens with zero attached hydrogens (tertiary/aromatic N) is 2. The fourth-order valence-corrected chi connectivity index (χ4v) is 2.70. The molecule has 0 aliphatic carbocycles. The van der Waals surface area contributed by atoms with Gasteiger partial charge in [0.25, 0.3) is 0 Å². The summed E-state index contributed by atoms with van der Waals surface area (Å²) < 4.78 is 2.21. The van der Waals surface area contributed by atoms with E-state index in [1.165, 1.54) is 0 Å². The van der Waals surface area contributed by atoms with Crippen LogP contribution in [0.25, 0.3) is 11.0 Å². The highest BCUT2D eigenvalue weighted by atomic mass is 35.5. The summed E-state index contributed by atoms with van der Waals surface area (Å²) in [6.45, 7) is 3.65. The van der Waals surface area contributed by atoms with Gasteiger partial charge in [0.05, 0.1) is 27.6 Å². The number of imidazole rings is 1. The summed E-state index contributed by atoms with van der Waals surface area (Å²) in [4.78, 5) is 4.68. The molecule has 3 aromatic rings. The lowest BCUT2D eigenvalue weighted by Crippen LogP contribution is -2.07. The number of rotatable bonds is 4. The van der Waals surface area contributed by atoms with Crippen molar-refractivity contribution in [2.45, 2.75) is 20.0 Å². The van der Waals surface area contributed by atoms with E-state index in [4.69, 9.17) is 23.2 Å². The van der Waals surface area contributed by atoms with Crippen molar-refractivity contribution in [2.75, 3.05) is 5.32 Å². The Balaban J connectivity index is 1.86. The zero-order valence-corrected chi connectivity index (χ0v) is 13.1. The Morgan fingerprint density at radius 2 is 1.90 bits per heavy atom. The van der Waals surface area contributed by atoms with Crippen LogP contribution in [0.5, 0.6) is 0 Å². The van der Waals surface area contributed by atoms with Crippen molar-refractivity contribution >= 4 is 39.9 Å². The number of benzene rings is 2. The Hall–Kier alpha value is -1.71. The van der Waals surface area contributed by atoms with E-state index in [-0.39, 0.29) is 0 Å². The summed E-state index contributed by atoms with van der Waals surface area (Å²) in [6.07, 6.45) is 0. The maximum absolute atomic E-state index is 6.03. The molecule has 0 aliphatic rings. The molecule has 0 atom stereocenters. The van der Waals surface area contributed by atoms with E-state index in [1.807, 2.05) is 30.3 Å². The van der Waals surface area contributed by atoms with Crippen LogP contribution >= 0.6 is 23.2 Å². The minimum Gasteiger partial charge on any atom is -0.378 e. The van der Waals surface area contributed by atoms with E-state index >= 15 is 0 Å². The summed E-state index contributed by atoms with van der Waals surface area (Å²) in [7, 11) is 0. The topological polar surface area (TPSA) is 29.9 Å². The number of hydrogen-bond donors (Lipinski definition) is 1. The molecule has 0 saturated heterocycles. The highest BCUT2D eigenvalue weighted by Crippen LogP contribution is 2.25. The lowest BCUT2D eigenvalue weighted by Gasteiger charge is -2.09. The van der Waals surface area contributed by atoms with Gasteiger partial charge in [-0.1, -0.05) is 35.3 Å². The van der Waals surface area contributed by atoms with Crippen molar-refractivity contribution < 1.29 is 0 Å². The molecule has 0 saturated carbocycles. The summed E-state index contributed by atoms with van der Waals surface area (Å²) in [5.41, 5.74) is 3.11. The number of halogens is 2. The van der Waals surface area contributed by atoms with Gasteiger partial charge in [-0.25, -0.2) is 4.98 Å². The second-order valence-corrected chi connectivity index (χ2v) is 5.56. The van der Waals surface area contributed by atoms with E-state index in [9.17, 15) is 0 Å². The fraction of sp³-hybridized carbons (Fsp3) is 0.188. The number of aromatic nitrogens is 2. The molecule has 1 heterocycles. The maximum Gasteiger partial charge on any atom is 0.129 e. The van der Waals surface area contributed by atoms with Crippen LogP contribution in [0.2, 0.25) is 10.0 Å². The number of aryl methyl sites for hydroxylation is 1. The summed E-state index contributed by atoms with van der Waals surface area (Å²) in [6, 6.07) is 13.7. The van der Waals surface area contributed by atoms with Crippen molar-refractivity contribution in [2.24, 2.45) is 0 Å². The average Bonchev–Trinajstić information content (AvgIpc) is 2.86. The molecule has 21 heavy (non-hydrogen) atoms. The van der Waals surface area contributed by atoms with Crippen molar-refractivity contribution in [1.29, 1.82) is 0 Å². The highest BCUT2D eigenvalue weighted by molar-refractivity contribution is 6.42. The molecule has 108 valence electrons. The van der Waals surface area contributed by atoms with Gasteiger partial charge >= 0.3 is 0 Å². The number of nitrogens with one attached hydrogen (secondary N) is 1. The van der Waals surface area contributed by atoms with Crippen LogP contribution < -0.4 is 5.32 Å². The normalized spacial score (nSPS) is 11.0. The van der Waals surface area contributed by atoms with Gasteiger partial charge in [0.2, 0.25) is 0 Å². The predicted molar refractivity (Wildman–Crippen MR) is 89.2 cm³/mol. The van der Waals surface area contributed by atoms with Gasteiger partial charge < -0.3 is 9.88 Å². The quantitative estimate of drug-likeness (QED) is 0.735. The van der Waals surface area contributed by atoms with Crippen LogP contribution in [-0.2, 0) is 13.1 Å². The Kier molecular flexibility index (Phi) is 4.04. The minimum absolute atomic E-state index is 0.547. The van der Waals surface area contributed by atoms with E-state index in [0.717, 1.165) is 29.1 Å². The molecule has 0 unspecified atom stereocenters. The van der Waals surface area contributed by atoms with Gasteiger partial charge in [0.15, 0.2) is 0 Å². The first kappa shape index (κ1) is 14.2. The van der Waals surface area contributed by atoms with Crippen molar-refractivity contribution in [3.63, 3.8) is 0 Å². The Labute approximate surface area is 133 Å². The van der Waals surface area contributed by atoms with E-state index in [2.05, 4.69) is 27.9 Å². The molecule has 0 fully saturated rings. The van der Waals surface area contributed by atoms with Crippen LogP contribution in [0, 0.1) is 0 Å². The monoisotopic (exact) mass is 319 g/mol. The molecule has 0 radical (unpaired) electrons. The zero-order chi connectivity index (χ0) is 14.8. The van der Waals surface area contributed by atoms with Gasteiger partial charge in [-0.05, 0) is 37.3 Å². The smallest absolute Gasteiger partial charge is 0.129 e. The Morgan fingerprint density at radius 1 is 1.10 bits per heavy atom. The highest BCUT2D eigenvalue weighted by Gasteiger charge is 2.08. The molecular weight excluding hydrogens is 305 g/mol. The number of para-hydroxylation sites is 2. The van der Waals surface area contributed by atoms with Gasteiger partial charge in [0, 0.05) is 12.2 Å². The molecule has 1 aromatic heterocycles. The van der Waals surface area contributed by atoms with Crippen molar-refractivity contribution in [3.8, 4) is 0 Å². The molecule has 2 aromatic carbocycles. The van der Waals surface area contributed by atoms with Crippen LogP contribution in [0.4, 0.5) is 5.69 Å². The second-order valence-electron chi connectivity index (χ2n) is 4.74. The van der Waals surface area contributed by atoms with Gasteiger partial charge in [-0.2, -0.15) is 0 Å². The van der Waals surface area contributed by atoms with Crippen LogP contribution in [0.3, 0.4) is 0 Å². The largest absolute Gasteiger partial charge is 0.378 e. The van der Waals surface area contributed by atoms with Crippen molar-refractivity contribution in [3.05, 3.63) is 58.3 Å². The van der Waals surface area contributed by atoms with E-state index in [1.54, 1.807) is 6.07 Å². The third-order valence-electron chi connectivity index (χ3n) is 3.42. The third-order valence-corrected chi connectivity index (χ3v) is 4.16. The standard InChI is InChI=1S/C16H15Cl2N3/c1-2-21-15-6-4-3-5-14(15)20-16(21)10-19-11-7-8-12(17)13(18)9-11/h3-9,19H,2,10H2,1H3. The SMILES string of the molecule is CCn1c(CNc2ccc(Cl)c(Cl)c2)nc2ccccc21. The van der Waals surface area contributed by atoms with Crippen molar-refractivity contribution in [1.82, 2.24) is 9.55 Å². The first-order valence-electron chi connectivity index (χ1n) is 6.82.